The van der Waals surface area contributed by atoms with Crippen LogP contribution in [0.1, 0.15) is 27.0 Å². The van der Waals surface area contributed by atoms with Crippen molar-refractivity contribution < 1.29 is 23.8 Å². The van der Waals surface area contributed by atoms with Gasteiger partial charge in [0.15, 0.2) is 0 Å². The van der Waals surface area contributed by atoms with E-state index in [0.29, 0.717) is 17.7 Å². The number of halogens is 1. The molecule has 7 nitrogen and oxygen atoms in total. The first-order valence-corrected chi connectivity index (χ1v) is 11.0. The number of benzene rings is 3. The van der Waals surface area contributed by atoms with Crippen molar-refractivity contribution in [3.8, 4) is 6.07 Å². The quantitative estimate of drug-likeness (QED) is 0.435. The maximum absolute atomic E-state index is 13.7. The predicted molar refractivity (Wildman–Crippen MR) is 129 cm³/mol. The van der Waals surface area contributed by atoms with E-state index in [4.69, 9.17) is 15.6 Å². The van der Waals surface area contributed by atoms with E-state index in [2.05, 4.69) is 6.07 Å². The van der Waals surface area contributed by atoms with E-state index in [1.54, 1.807) is 29.2 Å². The molecule has 35 heavy (non-hydrogen) atoms. The Bertz CT molecular complexity index is 1230. The van der Waals surface area contributed by atoms with Crippen LogP contribution in [0.5, 0.6) is 0 Å². The zero-order chi connectivity index (χ0) is 25.4. The third kappa shape index (κ3) is 6.65. The standard InChI is InChI=1S/C27H26FN3O4/c1-18-6-5-7-19(12-18)14-25(26(30)32)31(21-8-3-2-4-9-21)22(15-29)17-35-16-20-10-11-24(28)23(13-20)27(33)34/h2-13,22,25H,14,16-17H2,1H3,(H2,30,32)(H,33,34)/t22-,25-/m0/s1. The Balaban J connectivity index is 1.84. The number of hydrogen-bond donors (Lipinski definition) is 2. The zero-order valence-corrected chi connectivity index (χ0v) is 19.2. The second kappa shape index (κ2) is 11.8. The van der Waals surface area contributed by atoms with Gasteiger partial charge in [-0.3, -0.25) is 4.79 Å². The van der Waals surface area contributed by atoms with Crippen molar-refractivity contribution in [2.45, 2.75) is 32.0 Å². The molecule has 0 fully saturated rings. The summed E-state index contributed by atoms with van der Waals surface area (Å²) >= 11 is 0. The number of anilines is 1. The fourth-order valence-electron chi connectivity index (χ4n) is 3.87. The maximum atomic E-state index is 13.7. The molecule has 1 amide bonds. The molecule has 0 saturated heterocycles. The minimum absolute atomic E-state index is 0.0412. The van der Waals surface area contributed by atoms with Crippen LogP contribution in [0.15, 0.2) is 72.8 Å². The Morgan fingerprint density at radius 1 is 1.09 bits per heavy atom. The van der Waals surface area contributed by atoms with Crippen molar-refractivity contribution in [1.29, 1.82) is 5.26 Å². The molecule has 3 aromatic rings. The lowest BCUT2D eigenvalue weighted by Crippen LogP contribution is -2.52. The van der Waals surface area contributed by atoms with Gasteiger partial charge in [-0.25, -0.2) is 9.18 Å². The summed E-state index contributed by atoms with van der Waals surface area (Å²) in [6, 6.07) is 20.9. The number of nitrogens with two attached hydrogens (primary N) is 1. The maximum Gasteiger partial charge on any atom is 0.338 e. The Kier molecular flexibility index (Phi) is 8.54. The van der Waals surface area contributed by atoms with E-state index in [1.807, 2.05) is 37.3 Å². The number of ether oxygens (including phenoxy) is 1. The number of hydrogen-bond acceptors (Lipinski definition) is 5. The molecule has 0 aliphatic rings. The molecule has 0 bridgehead atoms. The number of aryl methyl sites for hydroxylation is 1. The van der Waals surface area contributed by atoms with Crippen LogP contribution in [0, 0.1) is 24.1 Å². The predicted octanol–water partition coefficient (Wildman–Crippen LogP) is 3.84. The molecule has 0 heterocycles. The van der Waals surface area contributed by atoms with Crippen LogP contribution in [0.4, 0.5) is 10.1 Å². The van der Waals surface area contributed by atoms with E-state index in [-0.39, 0.29) is 13.2 Å². The van der Waals surface area contributed by atoms with Crippen LogP contribution in [-0.2, 0) is 22.6 Å². The Morgan fingerprint density at radius 2 is 1.83 bits per heavy atom. The van der Waals surface area contributed by atoms with Crippen LogP contribution in [0.3, 0.4) is 0 Å². The van der Waals surface area contributed by atoms with Gasteiger partial charge in [0.1, 0.15) is 17.9 Å². The molecule has 0 radical (unpaired) electrons. The van der Waals surface area contributed by atoms with Crippen LogP contribution < -0.4 is 10.6 Å². The number of rotatable bonds is 11. The topological polar surface area (TPSA) is 117 Å². The lowest BCUT2D eigenvalue weighted by Gasteiger charge is -2.35. The van der Waals surface area contributed by atoms with E-state index < -0.39 is 35.3 Å². The van der Waals surface area contributed by atoms with Gasteiger partial charge < -0.3 is 20.5 Å². The summed E-state index contributed by atoms with van der Waals surface area (Å²) in [4.78, 5) is 25.4. The second-order valence-corrected chi connectivity index (χ2v) is 8.13. The smallest absolute Gasteiger partial charge is 0.338 e. The molecule has 0 unspecified atom stereocenters. The highest BCUT2D eigenvalue weighted by atomic mass is 19.1. The Hall–Kier alpha value is -4.22. The fourth-order valence-corrected chi connectivity index (χ4v) is 3.87. The number of nitrogens with zero attached hydrogens (tertiary/aromatic N) is 2. The van der Waals surface area contributed by atoms with Gasteiger partial charge in [0.2, 0.25) is 5.91 Å². The molecule has 0 spiro atoms. The first-order valence-electron chi connectivity index (χ1n) is 11.0. The normalized spacial score (nSPS) is 12.4. The first-order chi connectivity index (χ1) is 16.8. The summed E-state index contributed by atoms with van der Waals surface area (Å²) in [5.41, 5.74) is 8.37. The van der Waals surface area contributed by atoms with Gasteiger partial charge in [0.05, 0.1) is 24.8 Å². The van der Waals surface area contributed by atoms with Crippen molar-refractivity contribution >= 4 is 17.6 Å². The molecule has 8 heteroatoms. The molecule has 0 aliphatic heterocycles. The van der Waals surface area contributed by atoms with Crippen LogP contribution >= 0.6 is 0 Å². The Labute approximate surface area is 203 Å². The number of amides is 1. The molecule has 3 aromatic carbocycles. The minimum Gasteiger partial charge on any atom is -0.478 e. The number of primary amides is 1. The van der Waals surface area contributed by atoms with Crippen LogP contribution in [-0.4, -0.2) is 35.7 Å². The van der Waals surface area contributed by atoms with Crippen molar-refractivity contribution in [3.63, 3.8) is 0 Å². The van der Waals surface area contributed by atoms with Gasteiger partial charge in [-0.05, 0) is 42.3 Å². The summed E-state index contributed by atoms with van der Waals surface area (Å²) in [7, 11) is 0. The molecule has 2 atom stereocenters. The number of carbonyl (C=O) groups excluding carboxylic acids is 1. The average Bonchev–Trinajstić information content (AvgIpc) is 2.84. The third-order valence-electron chi connectivity index (χ3n) is 5.52. The number of aromatic carboxylic acids is 1. The zero-order valence-electron chi connectivity index (χ0n) is 19.2. The molecule has 3 N–H and O–H groups in total. The molecule has 180 valence electrons. The number of carbonyl (C=O) groups is 2. The van der Waals surface area contributed by atoms with Gasteiger partial charge in [-0.1, -0.05) is 54.1 Å². The highest BCUT2D eigenvalue weighted by Gasteiger charge is 2.31. The van der Waals surface area contributed by atoms with Gasteiger partial charge in [0, 0.05) is 12.1 Å². The van der Waals surface area contributed by atoms with Gasteiger partial charge in [-0.2, -0.15) is 5.26 Å². The van der Waals surface area contributed by atoms with Crippen LogP contribution in [0.2, 0.25) is 0 Å². The SMILES string of the molecule is Cc1cccc(C[C@@H](C(N)=O)N(c2ccccc2)[C@@H](C#N)COCc2ccc(F)c(C(=O)O)c2)c1. The summed E-state index contributed by atoms with van der Waals surface area (Å²) in [6.07, 6.45) is 0.296. The first kappa shape index (κ1) is 25.4. The van der Waals surface area contributed by atoms with Crippen molar-refractivity contribution in [2.75, 3.05) is 11.5 Å². The van der Waals surface area contributed by atoms with E-state index in [9.17, 15) is 19.2 Å². The number of carboxylic acids is 1. The van der Waals surface area contributed by atoms with Gasteiger partial charge in [-0.15, -0.1) is 0 Å². The number of carboxylic acid groups (broad SMARTS) is 1. The lowest BCUT2D eigenvalue weighted by atomic mass is 10.00. The summed E-state index contributed by atoms with van der Waals surface area (Å²) in [5.74, 6) is -2.80. The van der Waals surface area contributed by atoms with Crippen LogP contribution in [0.25, 0.3) is 0 Å². The Morgan fingerprint density at radius 3 is 2.46 bits per heavy atom. The lowest BCUT2D eigenvalue weighted by molar-refractivity contribution is -0.119. The summed E-state index contributed by atoms with van der Waals surface area (Å²) < 4.78 is 19.4. The monoisotopic (exact) mass is 475 g/mol. The molecule has 0 saturated carbocycles. The van der Waals surface area contributed by atoms with E-state index >= 15 is 0 Å². The number of nitriles is 1. The highest BCUT2D eigenvalue weighted by molar-refractivity contribution is 5.88. The minimum atomic E-state index is -1.38. The molecular weight excluding hydrogens is 449 g/mol. The average molecular weight is 476 g/mol. The molecule has 0 aromatic heterocycles. The van der Waals surface area contributed by atoms with E-state index in [1.165, 1.54) is 12.1 Å². The van der Waals surface area contributed by atoms with Crippen molar-refractivity contribution in [3.05, 3.63) is 101 Å². The fraction of sp³-hybridized carbons (Fsp3) is 0.222. The molecular formula is C27H26FN3O4. The second-order valence-electron chi connectivity index (χ2n) is 8.13. The molecule has 0 aliphatic carbocycles. The molecule has 3 rings (SSSR count). The van der Waals surface area contributed by atoms with E-state index in [0.717, 1.165) is 17.2 Å². The summed E-state index contributed by atoms with van der Waals surface area (Å²) in [5, 5.41) is 19.1. The van der Waals surface area contributed by atoms with Gasteiger partial charge >= 0.3 is 5.97 Å². The largest absolute Gasteiger partial charge is 0.478 e. The highest BCUT2D eigenvalue weighted by Crippen LogP contribution is 2.23. The third-order valence-corrected chi connectivity index (χ3v) is 5.52. The number of para-hydroxylation sites is 1. The van der Waals surface area contributed by atoms with Crippen molar-refractivity contribution in [1.82, 2.24) is 0 Å². The summed E-state index contributed by atoms with van der Waals surface area (Å²) in [6.45, 7) is 1.82. The van der Waals surface area contributed by atoms with Gasteiger partial charge in [0.25, 0.3) is 0 Å². The van der Waals surface area contributed by atoms with Crippen molar-refractivity contribution in [2.24, 2.45) is 5.73 Å².